The van der Waals surface area contributed by atoms with Crippen LogP contribution in [0.3, 0.4) is 0 Å². The van der Waals surface area contributed by atoms with Crippen LogP contribution in [0.25, 0.3) is 0 Å². The van der Waals surface area contributed by atoms with Crippen LogP contribution in [0.5, 0.6) is 0 Å². The quantitative estimate of drug-likeness (QED) is 0.912. The Balaban J connectivity index is 1.84. The van der Waals surface area contributed by atoms with Gasteiger partial charge in [0.1, 0.15) is 0 Å². The van der Waals surface area contributed by atoms with Gasteiger partial charge >= 0.3 is 0 Å². The lowest BCUT2D eigenvalue weighted by Crippen LogP contribution is -2.43. The normalized spacial score (nSPS) is 31.1. The zero-order chi connectivity index (χ0) is 13.4. The van der Waals surface area contributed by atoms with E-state index in [1.165, 1.54) is 43.5 Å². The molecule has 3 rings (SSSR count). The number of rotatable bonds is 3. The Morgan fingerprint density at radius 2 is 2.11 bits per heavy atom. The molecule has 2 aliphatic rings. The summed E-state index contributed by atoms with van der Waals surface area (Å²) in [6, 6.07) is 5.44. The first-order valence-electron chi connectivity index (χ1n) is 7.43. The molecule has 2 fully saturated rings. The van der Waals surface area contributed by atoms with Crippen LogP contribution < -0.4 is 5.73 Å². The number of nitrogens with zero attached hydrogens (tertiary/aromatic N) is 1. The third-order valence-corrected chi connectivity index (χ3v) is 6.10. The zero-order valence-corrected chi connectivity index (χ0v) is 13.1. The van der Waals surface area contributed by atoms with Crippen molar-refractivity contribution in [1.29, 1.82) is 0 Å². The molecule has 0 radical (unpaired) electrons. The average Bonchev–Trinajstić information content (AvgIpc) is 2.98. The molecular formula is C15H23ClN2S. The first-order chi connectivity index (χ1) is 9.16. The Morgan fingerprint density at radius 3 is 2.79 bits per heavy atom. The van der Waals surface area contributed by atoms with Crippen LogP contribution in [-0.4, -0.2) is 23.5 Å². The number of likely N-dealkylation sites (tertiary alicyclic amines) is 1. The summed E-state index contributed by atoms with van der Waals surface area (Å²) in [4.78, 5) is 4.02. The fraction of sp³-hybridized carbons (Fsp3) is 0.733. The van der Waals surface area contributed by atoms with Crippen molar-refractivity contribution < 1.29 is 0 Å². The maximum atomic E-state index is 6.30. The Bertz CT molecular complexity index is 432. The average molecular weight is 299 g/mol. The minimum Gasteiger partial charge on any atom is -0.326 e. The molecule has 4 unspecified atom stereocenters. The monoisotopic (exact) mass is 298 g/mol. The van der Waals surface area contributed by atoms with Gasteiger partial charge in [0.05, 0.1) is 10.4 Å². The molecule has 0 aromatic carbocycles. The second-order valence-corrected chi connectivity index (χ2v) is 7.83. The van der Waals surface area contributed by atoms with Crippen molar-refractivity contribution >= 4 is 22.9 Å². The molecule has 0 spiro atoms. The van der Waals surface area contributed by atoms with E-state index in [-0.39, 0.29) is 6.04 Å². The van der Waals surface area contributed by atoms with Gasteiger partial charge in [0.2, 0.25) is 0 Å². The number of fused-ring (bicyclic) bond motifs is 1. The molecule has 1 aliphatic carbocycles. The predicted octanol–water partition coefficient (Wildman–Crippen LogP) is 4.05. The lowest BCUT2D eigenvalue weighted by atomic mass is 9.84. The van der Waals surface area contributed by atoms with Crippen LogP contribution in [0.15, 0.2) is 12.1 Å². The topological polar surface area (TPSA) is 29.3 Å². The van der Waals surface area contributed by atoms with Crippen molar-refractivity contribution in [2.24, 2.45) is 11.7 Å². The lowest BCUT2D eigenvalue weighted by Gasteiger charge is -2.38. The second-order valence-electron chi connectivity index (χ2n) is 6.08. The van der Waals surface area contributed by atoms with Crippen LogP contribution in [-0.2, 0) is 0 Å². The van der Waals surface area contributed by atoms with Crippen molar-refractivity contribution in [1.82, 2.24) is 4.90 Å². The molecule has 4 heteroatoms. The first-order valence-corrected chi connectivity index (χ1v) is 8.63. The smallest absolute Gasteiger partial charge is 0.0931 e. The standard InChI is InChI=1S/C15H23ClN2S/c1-10(17)15(13-6-7-14(16)19-13)18-9-8-11-4-2-3-5-12(11)18/h6-7,10-12,15H,2-5,8-9,17H2,1H3. The summed E-state index contributed by atoms with van der Waals surface area (Å²) in [7, 11) is 0. The third kappa shape index (κ3) is 2.71. The molecule has 1 saturated carbocycles. The van der Waals surface area contributed by atoms with Crippen molar-refractivity contribution in [2.75, 3.05) is 6.54 Å². The number of halogens is 1. The molecule has 1 aliphatic heterocycles. The maximum Gasteiger partial charge on any atom is 0.0931 e. The SMILES string of the molecule is CC(N)C(c1ccc(Cl)s1)N1CCC2CCCCC21. The molecule has 2 heterocycles. The van der Waals surface area contributed by atoms with Gasteiger partial charge in [0, 0.05) is 17.0 Å². The van der Waals surface area contributed by atoms with E-state index in [1.807, 2.05) is 6.07 Å². The number of hydrogen-bond acceptors (Lipinski definition) is 3. The van der Waals surface area contributed by atoms with Gasteiger partial charge in [-0.3, -0.25) is 4.90 Å². The van der Waals surface area contributed by atoms with E-state index >= 15 is 0 Å². The van der Waals surface area contributed by atoms with Crippen molar-refractivity contribution in [3.05, 3.63) is 21.3 Å². The molecule has 1 aromatic heterocycles. The van der Waals surface area contributed by atoms with E-state index in [2.05, 4.69) is 17.9 Å². The fourth-order valence-corrected chi connectivity index (χ4v) is 5.30. The van der Waals surface area contributed by atoms with E-state index in [0.717, 1.165) is 16.3 Å². The second kappa shape index (κ2) is 5.72. The van der Waals surface area contributed by atoms with Crippen molar-refractivity contribution in [3.8, 4) is 0 Å². The Morgan fingerprint density at radius 1 is 1.32 bits per heavy atom. The molecule has 4 atom stereocenters. The van der Waals surface area contributed by atoms with Crippen LogP contribution in [0.2, 0.25) is 4.34 Å². The van der Waals surface area contributed by atoms with Gasteiger partial charge in [-0.1, -0.05) is 24.4 Å². The first kappa shape index (κ1) is 13.9. The van der Waals surface area contributed by atoms with Crippen LogP contribution in [0.1, 0.15) is 49.9 Å². The van der Waals surface area contributed by atoms with Crippen molar-refractivity contribution in [2.45, 2.75) is 57.2 Å². The number of thiophene rings is 1. The van der Waals surface area contributed by atoms with Gasteiger partial charge in [-0.15, -0.1) is 11.3 Å². The summed E-state index contributed by atoms with van der Waals surface area (Å²) < 4.78 is 0.875. The Kier molecular flexibility index (Phi) is 4.18. The van der Waals surface area contributed by atoms with E-state index in [9.17, 15) is 0 Å². The third-order valence-electron chi connectivity index (χ3n) is 4.79. The van der Waals surface area contributed by atoms with Gasteiger partial charge in [0.15, 0.2) is 0 Å². The summed E-state index contributed by atoms with van der Waals surface area (Å²) in [6.07, 6.45) is 6.93. The molecule has 2 nitrogen and oxygen atoms in total. The number of nitrogens with two attached hydrogens (primary N) is 1. The lowest BCUT2D eigenvalue weighted by molar-refractivity contribution is 0.121. The van der Waals surface area contributed by atoms with Gasteiger partial charge in [-0.05, 0) is 50.8 Å². The maximum absolute atomic E-state index is 6.30. The fourth-order valence-electron chi connectivity index (χ4n) is 4.00. The molecule has 1 saturated heterocycles. The highest BCUT2D eigenvalue weighted by atomic mass is 35.5. The van der Waals surface area contributed by atoms with Crippen molar-refractivity contribution in [3.63, 3.8) is 0 Å². The summed E-state index contributed by atoms with van der Waals surface area (Å²) in [5, 5.41) is 0. The summed E-state index contributed by atoms with van der Waals surface area (Å²) in [6.45, 7) is 3.34. The van der Waals surface area contributed by atoms with Gasteiger partial charge < -0.3 is 5.73 Å². The summed E-state index contributed by atoms with van der Waals surface area (Å²) in [5.41, 5.74) is 6.30. The Labute approximate surface area is 124 Å². The van der Waals surface area contributed by atoms with E-state index in [0.29, 0.717) is 6.04 Å². The van der Waals surface area contributed by atoms with E-state index in [1.54, 1.807) is 11.3 Å². The van der Waals surface area contributed by atoms with Crippen LogP contribution in [0, 0.1) is 5.92 Å². The minimum absolute atomic E-state index is 0.162. The highest BCUT2D eigenvalue weighted by Gasteiger charge is 2.40. The van der Waals surface area contributed by atoms with E-state index in [4.69, 9.17) is 17.3 Å². The van der Waals surface area contributed by atoms with Gasteiger partial charge in [-0.25, -0.2) is 0 Å². The molecule has 19 heavy (non-hydrogen) atoms. The molecule has 0 amide bonds. The summed E-state index contributed by atoms with van der Waals surface area (Å²) in [5.74, 6) is 0.908. The molecule has 106 valence electrons. The van der Waals surface area contributed by atoms with E-state index < -0.39 is 0 Å². The number of hydrogen-bond donors (Lipinski definition) is 1. The predicted molar refractivity (Wildman–Crippen MR) is 82.8 cm³/mol. The van der Waals surface area contributed by atoms with Crippen LogP contribution in [0.4, 0.5) is 0 Å². The highest BCUT2D eigenvalue weighted by molar-refractivity contribution is 7.16. The largest absolute Gasteiger partial charge is 0.326 e. The minimum atomic E-state index is 0.162. The summed E-state index contributed by atoms with van der Waals surface area (Å²) >= 11 is 7.81. The Hall–Kier alpha value is -0.0900. The zero-order valence-electron chi connectivity index (χ0n) is 11.5. The molecule has 1 aromatic rings. The van der Waals surface area contributed by atoms with Gasteiger partial charge in [-0.2, -0.15) is 0 Å². The highest BCUT2D eigenvalue weighted by Crippen LogP contribution is 2.43. The molecular weight excluding hydrogens is 276 g/mol. The van der Waals surface area contributed by atoms with Crippen LogP contribution >= 0.6 is 22.9 Å². The molecule has 2 N–H and O–H groups in total. The van der Waals surface area contributed by atoms with Gasteiger partial charge in [0.25, 0.3) is 0 Å². The molecule has 0 bridgehead atoms.